The molecule has 25 heavy (non-hydrogen) atoms. The van der Waals surface area contributed by atoms with E-state index in [4.69, 9.17) is 11.6 Å². The summed E-state index contributed by atoms with van der Waals surface area (Å²) in [6, 6.07) is 17.4. The average molecular weight is 389 g/mol. The second-order valence-electron chi connectivity index (χ2n) is 5.49. The molecule has 0 radical (unpaired) electrons. The summed E-state index contributed by atoms with van der Waals surface area (Å²) in [5.41, 5.74) is 3.05. The number of hydrogen-bond acceptors (Lipinski definition) is 4. The Balaban J connectivity index is 1.55. The van der Waals surface area contributed by atoms with E-state index in [2.05, 4.69) is 22.4 Å². The molecule has 0 aliphatic rings. The zero-order chi connectivity index (χ0) is 17.6. The first-order valence-corrected chi connectivity index (χ1v) is 9.96. The number of halogens is 1. The zero-order valence-electron chi connectivity index (χ0n) is 13.7. The normalized spacial score (nSPS) is 10.6. The molecule has 2 aromatic carbocycles. The van der Waals surface area contributed by atoms with Gasteiger partial charge >= 0.3 is 0 Å². The van der Waals surface area contributed by atoms with Crippen LogP contribution in [-0.4, -0.2) is 16.6 Å². The summed E-state index contributed by atoms with van der Waals surface area (Å²) in [6.45, 7) is 2.02. The molecule has 0 atom stereocenters. The Bertz CT molecular complexity index is 848. The van der Waals surface area contributed by atoms with Gasteiger partial charge in [-0.2, -0.15) is 0 Å². The number of thioether (sulfide) groups is 1. The molecule has 3 aromatic rings. The van der Waals surface area contributed by atoms with Gasteiger partial charge in [0.1, 0.15) is 0 Å². The maximum Gasteiger partial charge on any atom is 0.234 e. The lowest BCUT2D eigenvalue weighted by atomic mass is 10.1. The van der Waals surface area contributed by atoms with Gasteiger partial charge in [0.05, 0.1) is 11.4 Å². The summed E-state index contributed by atoms with van der Waals surface area (Å²) in [4.78, 5) is 17.9. The van der Waals surface area contributed by atoms with Crippen molar-refractivity contribution in [3.8, 4) is 0 Å². The van der Waals surface area contributed by atoms with Gasteiger partial charge in [0.2, 0.25) is 5.91 Å². The molecule has 1 amide bonds. The molecule has 1 aromatic heterocycles. The standard InChI is InChI=1S/C19H17ClN2OS2/c1-13-17(11-14-5-3-2-4-6-14)25-19(21-13)24-12-18(23)22-16-9-7-15(20)8-10-16/h2-10H,11-12H2,1H3,(H,22,23). The summed E-state index contributed by atoms with van der Waals surface area (Å²) in [5, 5.41) is 3.51. The third-order valence-corrected chi connectivity index (χ3v) is 6.09. The van der Waals surface area contributed by atoms with Crippen LogP contribution in [-0.2, 0) is 11.2 Å². The molecule has 0 spiro atoms. The second-order valence-corrected chi connectivity index (χ2v) is 8.24. The van der Waals surface area contributed by atoms with Gasteiger partial charge in [-0.05, 0) is 36.8 Å². The van der Waals surface area contributed by atoms with Gasteiger partial charge in [-0.15, -0.1) is 11.3 Å². The summed E-state index contributed by atoms with van der Waals surface area (Å²) in [5.74, 6) is 0.283. The van der Waals surface area contributed by atoms with Crippen molar-refractivity contribution >= 4 is 46.3 Å². The highest BCUT2D eigenvalue weighted by Crippen LogP contribution is 2.29. The van der Waals surface area contributed by atoms with Crippen LogP contribution in [0.1, 0.15) is 16.1 Å². The molecule has 6 heteroatoms. The fraction of sp³-hybridized carbons (Fsp3) is 0.158. The summed E-state index contributed by atoms with van der Waals surface area (Å²) >= 11 is 8.97. The second kappa shape index (κ2) is 8.52. The number of benzene rings is 2. The number of rotatable bonds is 6. The van der Waals surface area contributed by atoms with E-state index in [0.717, 1.165) is 22.1 Å². The van der Waals surface area contributed by atoms with Crippen molar-refractivity contribution in [3.63, 3.8) is 0 Å². The van der Waals surface area contributed by atoms with Crippen LogP contribution in [0.2, 0.25) is 5.02 Å². The van der Waals surface area contributed by atoms with E-state index in [9.17, 15) is 4.79 Å². The number of nitrogens with one attached hydrogen (secondary N) is 1. The first-order chi connectivity index (χ1) is 12.1. The van der Waals surface area contributed by atoms with Crippen LogP contribution in [0.4, 0.5) is 5.69 Å². The van der Waals surface area contributed by atoms with E-state index in [1.165, 1.54) is 22.2 Å². The Morgan fingerprint density at radius 2 is 1.88 bits per heavy atom. The van der Waals surface area contributed by atoms with E-state index in [0.29, 0.717) is 10.8 Å². The van der Waals surface area contributed by atoms with Gasteiger partial charge in [-0.25, -0.2) is 4.98 Å². The summed E-state index contributed by atoms with van der Waals surface area (Å²) in [7, 11) is 0. The van der Waals surface area contributed by atoms with Gasteiger partial charge in [0, 0.05) is 22.0 Å². The van der Waals surface area contributed by atoms with Crippen molar-refractivity contribution in [1.29, 1.82) is 0 Å². The Labute approximate surface area is 160 Å². The molecular weight excluding hydrogens is 372 g/mol. The van der Waals surface area contributed by atoms with Gasteiger partial charge in [0.15, 0.2) is 4.34 Å². The molecule has 0 saturated heterocycles. The molecule has 3 nitrogen and oxygen atoms in total. The van der Waals surface area contributed by atoms with Crippen LogP contribution < -0.4 is 5.32 Å². The van der Waals surface area contributed by atoms with Crippen LogP contribution in [0.25, 0.3) is 0 Å². The monoisotopic (exact) mass is 388 g/mol. The van der Waals surface area contributed by atoms with Gasteiger partial charge in [-0.3, -0.25) is 4.79 Å². The number of hydrogen-bond donors (Lipinski definition) is 1. The third kappa shape index (κ3) is 5.33. The lowest BCUT2D eigenvalue weighted by molar-refractivity contribution is -0.113. The molecule has 0 aliphatic heterocycles. The minimum atomic E-state index is -0.0511. The van der Waals surface area contributed by atoms with E-state index in [-0.39, 0.29) is 5.91 Å². The van der Waals surface area contributed by atoms with Crippen LogP contribution in [0.5, 0.6) is 0 Å². The highest BCUT2D eigenvalue weighted by molar-refractivity contribution is 8.01. The highest BCUT2D eigenvalue weighted by atomic mass is 35.5. The molecule has 128 valence electrons. The first kappa shape index (κ1) is 18.0. The minimum absolute atomic E-state index is 0.0511. The summed E-state index contributed by atoms with van der Waals surface area (Å²) in [6.07, 6.45) is 0.877. The molecule has 3 rings (SSSR count). The van der Waals surface area contributed by atoms with E-state index < -0.39 is 0 Å². The Hall–Kier alpha value is -1.82. The fourth-order valence-electron chi connectivity index (χ4n) is 2.27. The topological polar surface area (TPSA) is 42.0 Å². The molecule has 0 bridgehead atoms. The van der Waals surface area contributed by atoms with Crippen LogP contribution in [0.15, 0.2) is 58.9 Å². The van der Waals surface area contributed by atoms with Crippen molar-refractivity contribution < 1.29 is 4.79 Å². The van der Waals surface area contributed by atoms with Gasteiger partial charge in [0.25, 0.3) is 0 Å². The smallest absolute Gasteiger partial charge is 0.234 e. The minimum Gasteiger partial charge on any atom is -0.325 e. The summed E-state index contributed by atoms with van der Waals surface area (Å²) < 4.78 is 0.926. The van der Waals surface area contributed by atoms with Crippen LogP contribution in [0, 0.1) is 6.92 Å². The zero-order valence-corrected chi connectivity index (χ0v) is 16.0. The molecule has 1 heterocycles. The largest absolute Gasteiger partial charge is 0.325 e. The van der Waals surface area contributed by atoms with Crippen molar-refractivity contribution in [3.05, 3.63) is 75.8 Å². The maximum absolute atomic E-state index is 12.1. The lowest BCUT2D eigenvalue weighted by Gasteiger charge is -2.03. The molecule has 0 saturated carbocycles. The maximum atomic E-state index is 12.1. The average Bonchev–Trinajstić information content (AvgIpc) is 2.96. The number of aromatic nitrogens is 1. The van der Waals surface area contributed by atoms with Crippen molar-refractivity contribution in [1.82, 2.24) is 4.98 Å². The highest BCUT2D eigenvalue weighted by Gasteiger charge is 2.11. The predicted octanol–water partition coefficient (Wildman–Crippen LogP) is 5.43. The Kier molecular flexibility index (Phi) is 6.13. The number of amides is 1. The lowest BCUT2D eigenvalue weighted by Crippen LogP contribution is -2.13. The number of carbonyl (C=O) groups is 1. The van der Waals surface area contributed by atoms with Crippen molar-refractivity contribution in [2.45, 2.75) is 17.7 Å². The number of thiazole rings is 1. The number of carbonyl (C=O) groups excluding carboxylic acids is 1. The van der Waals surface area contributed by atoms with Gasteiger partial charge in [-0.1, -0.05) is 53.7 Å². The number of nitrogens with zero attached hydrogens (tertiary/aromatic N) is 1. The molecule has 0 aliphatic carbocycles. The van der Waals surface area contributed by atoms with E-state index in [1.54, 1.807) is 35.6 Å². The number of aryl methyl sites for hydroxylation is 1. The van der Waals surface area contributed by atoms with E-state index in [1.807, 2.05) is 25.1 Å². The molecule has 0 fully saturated rings. The van der Waals surface area contributed by atoms with Crippen molar-refractivity contribution in [2.75, 3.05) is 11.1 Å². The van der Waals surface area contributed by atoms with E-state index >= 15 is 0 Å². The Morgan fingerprint density at radius 3 is 2.60 bits per heavy atom. The first-order valence-electron chi connectivity index (χ1n) is 7.78. The Morgan fingerprint density at radius 1 is 1.16 bits per heavy atom. The van der Waals surface area contributed by atoms with Crippen molar-refractivity contribution in [2.24, 2.45) is 0 Å². The molecule has 0 unspecified atom stereocenters. The van der Waals surface area contributed by atoms with Crippen LogP contribution in [0.3, 0.4) is 0 Å². The third-order valence-electron chi connectivity index (χ3n) is 3.54. The molecular formula is C19H17ClN2OS2. The quantitative estimate of drug-likeness (QED) is 0.573. The fourth-order valence-corrected chi connectivity index (χ4v) is 4.46. The molecule has 1 N–H and O–H groups in total. The predicted molar refractivity (Wildman–Crippen MR) is 107 cm³/mol. The number of anilines is 1. The van der Waals surface area contributed by atoms with Gasteiger partial charge < -0.3 is 5.32 Å². The van der Waals surface area contributed by atoms with Crippen LogP contribution >= 0.6 is 34.7 Å². The SMILES string of the molecule is Cc1nc(SCC(=O)Nc2ccc(Cl)cc2)sc1Cc1ccccc1.